The van der Waals surface area contributed by atoms with Gasteiger partial charge in [-0.15, -0.1) is 0 Å². The Labute approximate surface area is 174 Å². The number of aliphatic carboxylic acids is 1. The summed E-state index contributed by atoms with van der Waals surface area (Å²) in [6, 6.07) is 5.94. The number of carboxylic acid groups (broad SMARTS) is 1. The lowest BCUT2D eigenvalue weighted by Crippen LogP contribution is -2.60. The fourth-order valence-electron chi connectivity index (χ4n) is 5.94. The van der Waals surface area contributed by atoms with Crippen LogP contribution in [0.25, 0.3) is 0 Å². The summed E-state index contributed by atoms with van der Waals surface area (Å²) in [6.45, 7) is 9.30. The van der Waals surface area contributed by atoms with Crippen molar-refractivity contribution >= 4 is 5.97 Å². The highest BCUT2D eigenvalue weighted by Crippen LogP contribution is 2.52. The molecule has 0 unspecified atom stereocenters. The van der Waals surface area contributed by atoms with E-state index in [1.54, 1.807) is 0 Å². The van der Waals surface area contributed by atoms with Crippen molar-refractivity contribution in [2.75, 3.05) is 19.6 Å². The second-order valence-corrected chi connectivity index (χ2v) is 10.0. The number of carboxylic acids is 1. The second kappa shape index (κ2) is 7.92. The summed E-state index contributed by atoms with van der Waals surface area (Å²) in [6.07, 6.45) is 5.80. The van der Waals surface area contributed by atoms with Crippen LogP contribution in [0.1, 0.15) is 57.6 Å². The summed E-state index contributed by atoms with van der Waals surface area (Å²) < 4.78 is 0. The number of hydrogen-bond acceptors (Lipinski definition) is 4. The zero-order valence-electron chi connectivity index (χ0n) is 18.0. The molecule has 2 aliphatic carbocycles. The molecule has 1 aromatic carbocycles. The van der Waals surface area contributed by atoms with Gasteiger partial charge in [-0.05, 0) is 86.2 Å². The molecule has 5 heteroatoms. The van der Waals surface area contributed by atoms with Crippen LogP contribution in [0.2, 0.25) is 0 Å². The van der Waals surface area contributed by atoms with Gasteiger partial charge in [0, 0.05) is 18.0 Å². The van der Waals surface area contributed by atoms with Crippen LogP contribution >= 0.6 is 0 Å². The molecule has 1 heterocycles. The Balaban J connectivity index is 1.59. The van der Waals surface area contributed by atoms with E-state index in [-0.39, 0.29) is 11.3 Å². The third-order valence-electron chi connectivity index (χ3n) is 7.88. The van der Waals surface area contributed by atoms with E-state index in [0.717, 1.165) is 31.7 Å². The normalized spacial score (nSPS) is 30.2. The number of fused-ring (bicyclic) bond motifs is 4. The van der Waals surface area contributed by atoms with E-state index in [1.165, 1.54) is 30.5 Å². The lowest BCUT2D eigenvalue weighted by Gasteiger charge is -2.56. The quantitative estimate of drug-likeness (QED) is 0.624. The van der Waals surface area contributed by atoms with Crippen LogP contribution < -0.4 is 5.32 Å². The monoisotopic (exact) mass is 400 g/mol. The highest BCUT2D eigenvalue weighted by atomic mass is 16.4. The van der Waals surface area contributed by atoms with Gasteiger partial charge in [-0.3, -0.25) is 9.69 Å². The summed E-state index contributed by atoms with van der Waals surface area (Å²) in [5.41, 5.74) is 2.67. The topological polar surface area (TPSA) is 72.8 Å². The lowest BCUT2D eigenvalue weighted by atomic mass is 9.56. The molecular weight excluding hydrogens is 364 g/mol. The molecule has 3 N–H and O–H groups in total. The van der Waals surface area contributed by atoms with E-state index in [9.17, 15) is 15.0 Å². The number of carbonyl (C=O) groups is 1. The summed E-state index contributed by atoms with van der Waals surface area (Å²) in [4.78, 5) is 14.3. The Hall–Kier alpha value is -1.59. The molecule has 1 aromatic rings. The standard InChI is InChI=1S/C24H36N2O3/c1-15(2)22(23(28)29)25-10-8-24-9-11-26(14-17-4-5-17)21(16(24)3)12-18-6-7-19(27)13-20(18)24/h6-7,13,15-17,21-22,25,27H,4-5,8-12,14H2,1-3H3,(H,28,29)/t16-,21+,22+,24+/m1/s1. The number of piperidine rings is 1. The number of benzene rings is 1. The molecule has 0 amide bonds. The zero-order valence-corrected chi connectivity index (χ0v) is 18.0. The van der Waals surface area contributed by atoms with Gasteiger partial charge in [0.15, 0.2) is 0 Å². The van der Waals surface area contributed by atoms with Crippen molar-refractivity contribution in [2.45, 2.75) is 70.4 Å². The first-order chi connectivity index (χ1) is 13.8. The van der Waals surface area contributed by atoms with Gasteiger partial charge in [0.1, 0.15) is 11.8 Å². The molecule has 2 bridgehead atoms. The summed E-state index contributed by atoms with van der Waals surface area (Å²) in [5, 5.41) is 23.1. The largest absolute Gasteiger partial charge is 0.508 e. The molecule has 1 saturated carbocycles. The van der Waals surface area contributed by atoms with E-state index in [4.69, 9.17) is 0 Å². The lowest BCUT2D eigenvalue weighted by molar-refractivity contribution is -0.140. The highest BCUT2D eigenvalue weighted by Gasteiger charge is 2.51. The van der Waals surface area contributed by atoms with E-state index in [1.807, 2.05) is 26.0 Å². The van der Waals surface area contributed by atoms with Gasteiger partial charge in [-0.2, -0.15) is 0 Å². The number of nitrogens with one attached hydrogen (secondary N) is 1. The SMILES string of the molecule is CC(C)[C@H](NCC[C@@]12CCN(CC3CC3)[C@@H](Cc3ccc(O)cc31)[C@H]2C)C(=O)O. The van der Waals surface area contributed by atoms with Gasteiger partial charge in [0.05, 0.1) is 0 Å². The third-order valence-corrected chi connectivity index (χ3v) is 7.88. The maximum atomic E-state index is 11.6. The Morgan fingerprint density at radius 2 is 2.10 bits per heavy atom. The van der Waals surface area contributed by atoms with Crippen LogP contribution in [0.4, 0.5) is 0 Å². The van der Waals surface area contributed by atoms with Gasteiger partial charge in [-0.1, -0.05) is 26.8 Å². The molecule has 1 saturated heterocycles. The average molecular weight is 401 g/mol. The molecule has 5 nitrogen and oxygen atoms in total. The minimum absolute atomic E-state index is 0.00404. The first kappa shape index (κ1) is 20.7. The van der Waals surface area contributed by atoms with Gasteiger partial charge in [0.2, 0.25) is 0 Å². The number of likely N-dealkylation sites (tertiary alicyclic amines) is 1. The Morgan fingerprint density at radius 1 is 1.34 bits per heavy atom. The van der Waals surface area contributed by atoms with E-state index >= 15 is 0 Å². The number of rotatable bonds is 8. The molecule has 160 valence electrons. The summed E-state index contributed by atoms with van der Waals surface area (Å²) >= 11 is 0. The van der Waals surface area contributed by atoms with Crippen molar-refractivity contribution < 1.29 is 15.0 Å². The maximum absolute atomic E-state index is 11.6. The predicted octanol–water partition coefficient (Wildman–Crippen LogP) is 3.40. The number of hydrogen-bond donors (Lipinski definition) is 3. The number of nitrogens with zero attached hydrogens (tertiary/aromatic N) is 1. The van der Waals surface area contributed by atoms with Crippen LogP contribution in [-0.2, 0) is 16.6 Å². The Kier molecular flexibility index (Phi) is 5.64. The maximum Gasteiger partial charge on any atom is 0.320 e. The number of phenolic OH excluding ortho intramolecular Hbond substituents is 1. The molecule has 2 fully saturated rings. The molecule has 1 aliphatic heterocycles. The number of phenols is 1. The van der Waals surface area contributed by atoms with Crippen LogP contribution in [0, 0.1) is 17.8 Å². The minimum atomic E-state index is -0.774. The van der Waals surface area contributed by atoms with Crippen LogP contribution in [0.15, 0.2) is 18.2 Å². The van der Waals surface area contributed by atoms with Gasteiger partial charge >= 0.3 is 5.97 Å². The van der Waals surface area contributed by atoms with Gasteiger partial charge in [0.25, 0.3) is 0 Å². The predicted molar refractivity (Wildman–Crippen MR) is 114 cm³/mol. The first-order valence-electron chi connectivity index (χ1n) is 11.3. The van der Waals surface area contributed by atoms with E-state index in [2.05, 4.69) is 23.2 Å². The van der Waals surface area contributed by atoms with Crippen molar-refractivity contribution in [1.29, 1.82) is 0 Å². The summed E-state index contributed by atoms with van der Waals surface area (Å²) in [7, 11) is 0. The smallest absolute Gasteiger partial charge is 0.320 e. The van der Waals surface area contributed by atoms with Crippen molar-refractivity contribution in [3.63, 3.8) is 0 Å². The Morgan fingerprint density at radius 3 is 2.76 bits per heavy atom. The molecule has 0 aromatic heterocycles. The molecular formula is C24H36N2O3. The van der Waals surface area contributed by atoms with Crippen molar-refractivity contribution in [3.8, 4) is 5.75 Å². The molecule has 0 radical (unpaired) electrons. The van der Waals surface area contributed by atoms with Gasteiger partial charge < -0.3 is 15.5 Å². The van der Waals surface area contributed by atoms with Crippen LogP contribution in [0.3, 0.4) is 0 Å². The van der Waals surface area contributed by atoms with E-state index < -0.39 is 12.0 Å². The highest BCUT2D eigenvalue weighted by molar-refractivity contribution is 5.73. The van der Waals surface area contributed by atoms with Crippen molar-refractivity contribution in [2.24, 2.45) is 17.8 Å². The molecule has 3 aliphatic rings. The third kappa shape index (κ3) is 3.91. The molecule has 4 atom stereocenters. The fourth-order valence-corrected chi connectivity index (χ4v) is 5.94. The second-order valence-electron chi connectivity index (χ2n) is 10.0. The van der Waals surface area contributed by atoms with Crippen molar-refractivity contribution in [1.82, 2.24) is 10.2 Å². The average Bonchev–Trinajstić information content (AvgIpc) is 3.47. The van der Waals surface area contributed by atoms with Gasteiger partial charge in [-0.25, -0.2) is 0 Å². The van der Waals surface area contributed by atoms with Crippen molar-refractivity contribution in [3.05, 3.63) is 29.3 Å². The fraction of sp³-hybridized carbons (Fsp3) is 0.708. The van der Waals surface area contributed by atoms with E-state index in [0.29, 0.717) is 24.3 Å². The van der Waals surface area contributed by atoms with Crippen LogP contribution in [-0.4, -0.2) is 52.8 Å². The first-order valence-corrected chi connectivity index (χ1v) is 11.3. The zero-order chi connectivity index (χ0) is 20.8. The molecule has 4 rings (SSSR count). The number of aromatic hydroxyl groups is 1. The molecule has 29 heavy (non-hydrogen) atoms. The molecule has 0 spiro atoms. The Bertz CT molecular complexity index is 760. The summed E-state index contributed by atoms with van der Waals surface area (Å²) in [5.74, 6) is 1.00. The van der Waals surface area contributed by atoms with Crippen LogP contribution in [0.5, 0.6) is 5.75 Å². The minimum Gasteiger partial charge on any atom is -0.508 e.